The molecule has 1 aromatic carbocycles. The quantitative estimate of drug-likeness (QED) is 0.571. The monoisotopic (exact) mass is 317 g/mol. The zero-order valence-electron chi connectivity index (χ0n) is 13.6. The molecule has 0 atom stereocenters. The van der Waals surface area contributed by atoms with Gasteiger partial charge in [0, 0.05) is 24.2 Å². The van der Waals surface area contributed by atoms with Gasteiger partial charge in [-0.3, -0.25) is 9.59 Å². The molecule has 0 saturated heterocycles. The summed E-state index contributed by atoms with van der Waals surface area (Å²) in [5, 5.41) is 6.80. The lowest BCUT2D eigenvalue weighted by Crippen LogP contribution is -2.21. The molecule has 2 N–H and O–H groups in total. The van der Waals surface area contributed by atoms with Gasteiger partial charge in [0.2, 0.25) is 11.8 Å². The molecule has 1 fully saturated rings. The number of carbonyl (C=O) groups is 2. The number of hydrogen-bond donors (Lipinski definition) is 2. The van der Waals surface area contributed by atoms with E-state index in [0.717, 1.165) is 24.3 Å². The van der Waals surface area contributed by atoms with E-state index in [1.165, 1.54) is 0 Å². The molecule has 2 rings (SSSR count). The van der Waals surface area contributed by atoms with Crippen molar-refractivity contribution in [3.8, 4) is 5.75 Å². The van der Waals surface area contributed by atoms with Crippen molar-refractivity contribution < 1.29 is 14.3 Å². The summed E-state index contributed by atoms with van der Waals surface area (Å²) in [6.07, 6.45) is 2.53. The van der Waals surface area contributed by atoms with Crippen molar-refractivity contribution in [1.82, 2.24) is 5.43 Å². The van der Waals surface area contributed by atoms with Gasteiger partial charge in [-0.25, -0.2) is 5.43 Å². The maximum Gasteiger partial charge on any atom is 0.240 e. The number of nitrogens with one attached hydrogen (secondary N) is 2. The highest BCUT2D eigenvalue weighted by Gasteiger charge is 2.24. The van der Waals surface area contributed by atoms with Gasteiger partial charge in [0.25, 0.3) is 0 Å². The van der Waals surface area contributed by atoms with E-state index in [9.17, 15) is 9.59 Å². The first-order valence-electron chi connectivity index (χ1n) is 7.94. The topological polar surface area (TPSA) is 79.8 Å². The zero-order valence-corrected chi connectivity index (χ0v) is 13.6. The van der Waals surface area contributed by atoms with Gasteiger partial charge in [-0.05, 0) is 56.9 Å². The summed E-state index contributed by atoms with van der Waals surface area (Å²) in [5.74, 6) is 0.839. The molecule has 1 saturated carbocycles. The fraction of sp³-hybridized carbons (Fsp3) is 0.471. The third-order valence-electron chi connectivity index (χ3n) is 3.55. The predicted molar refractivity (Wildman–Crippen MR) is 89.5 cm³/mol. The molecule has 0 aromatic heterocycles. The van der Waals surface area contributed by atoms with Gasteiger partial charge in [0.15, 0.2) is 0 Å². The molecular formula is C17H23N3O3. The summed E-state index contributed by atoms with van der Waals surface area (Å²) in [7, 11) is 0. The van der Waals surface area contributed by atoms with Gasteiger partial charge < -0.3 is 10.1 Å². The number of anilines is 1. The first-order valence-corrected chi connectivity index (χ1v) is 7.94. The van der Waals surface area contributed by atoms with E-state index >= 15 is 0 Å². The zero-order chi connectivity index (χ0) is 16.7. The molecule has 0 unspecified atom stereocenters. The van der Waals surface area contributed by atoms with Crippen LogP contribution in [-0.4, -0.2) is 24.1 Å². The lowest BCUT2D eigenvalue weighted by atomic mass is 10.2. The van der Waals surface area contributed by atoms with Gasteiger partial charge >= 0.3 is 0 Å². The van der Waals surface area contributed by atoms with Gasteiger partial charge in [0.1, 0.15) is 5.75 Å². The van der Waals surface area contributed by atoms with Gasteiger partial charge in [-0.15, -0.1) is 0 Å². The molecule has 0 bridgehead atoms. The SMILES string of the molecule is CCOc1ccc(NC(=O)CCC(=O)N/N=C(/C)C2CC2)cc1. The van der Waals surface area contributed by atoms with Crippen molar-refractivity contribution in [1.29, 1.82) is 0 Å². The average molecular weight is 317 g/mol. The van der Waals surface area contributed by atoms with Crippen molar-refractivity contribution >= 4 is 23.2 Å². The normalized spacial score (nSPS) is 14.3. The minimum Gasteiger partial charge on any atom is -0.494 e. The summed E-state index contributed by atoms with van der Waals surface area (Å²) in [6.45, 7) is 4.43. The average Bonchev–Trinajstić information content (AvgIpc) is 3.38. The molecule has 6 nitrogen and oxygen atoms in total. The number of carbonyl (C=O) groups excluding carboxylic acids is 2. The molecule has 2 amide bonds. The highest BCUT2D eigenvalue weighted by atomic mass is 16.5. The van der Waals surface area contributed by atoms with Gasteiger partial charge in [-0.2, -0.15) is 5.10 Å². The van der Waals surface area contributed by atoms with Crippen LogP contribution in [0.4, 0.5) is 5.69 Å². The van der Waals surface area contributed by atoms with Crippen LogP contribution in [0.5, 0.6) is 5.75 Å². The first kappa shape index (κ1) is 17.0. The van der Waals surface area contributed by atoms with Crippen molar-refractivity contribution in [2.24, 2.45) is 11.0 Å². The molecule has 0 aliphatic heterocycles. The molecule has 0 heterocycles. The van der Waals surface area contributed by atoms with E-state index in [1.54, 1.807) is 24.3 Å². The third-order valence-corrected chi connectivity index (χ3v) is 3.55. The highest BCUT2D eigenvalue weighted by Crippen LogP contribution is 2.30. The minimum atomic E-state index is -0.244. The second-order valence-electron chi connectivity index (χ2n) is 5.57. The number of rotatable bonds is 8. The molecule has 1 aromatic rings. The fourth-order valence-corrected chi connectivity index (χ4v) is 2.05. The summed E-state index contributed by atoms with van der Waals surface area (Å²) in [5.41, 5.74) is 4.13. The highest BCUT2D eigenvalue weighted by molar-refractivity contribution is 5.93. The molecular weight excluding hydrogens is 294 g/mol. The second kappa shape index (κ2) is 8.31. The Balaban J connectivity index is 1.69. The summed E-state index contributed by atoms with van der Waals surface area (Å²) in [4.78, 5) is 23.5. The number of ether oxygens (including phenoxy) is 1. The van der Waals surface area contributed by atoms with Crippen molar-refractivity contribution in [2.75, 3.05) is 11.9 Å². The largest absolute Gasteiger partial charge is 0.494 e. The fourth-order valence-electron chi connectivity index (χ4n) is 2.05. The van der Waals surface area contributed by atoms with Crippen molar-refractivity contribution in [3.05, 3.63) is 24.3 Å². The van der Waals surface area contributed by atoms with E-state index in [-0.39, 0.29) is 24.7 Å². The van der Waals surface area contributed by atoms with Crippen LogP contribution < -0.4 is 15.5 Å². The molecule has 0 spiro atoms. The minimum absolute atomic E-state index is 0.115. The number of amides is 2. The van der Waals surface area contributed by atoms with Crippen LogP contribution in [0.15, 0.2) is 29.4 Å². The smallest absolute Gasteiger partial charge is 0.240 e. The van der Waals surface area contributed by atoms with Crippen LogP contribution in [0.1, 0.15) is 39.5 Å². The Morgan fingerprint density at radius 2 is 1.83 bits per heavy atom. The molecule has 124 valence electrons. The Hall–Kier alpha value is -2.37. The van der Waals surface area contributed by atoms with Crippen LogP contribution in [0.25, 0.3) is 0 Å². The standard InChI is InChI=1S/C17H23N3O3/c1-3-23-15-8-6-14(7-9-15)18-16(21)10-11-17(22)20-19-12(2)13-4-5-13/h6-9,13H,3-5,10-11H2,1-2H3,(H,18,21)(H,20,22)/b19-12-. The van der Waals surface area contributed by atoms with Crippen LogP contribution in [0.3, 0.4) is 0 Å². The van der Waals surface area contributed by atoms with Crippen LogP contribution in [0, 0.1) is 5.92 Å². The van der Waals surface area contributed by atoms with Crippen molar-refractivity contribution in [2.45, 2.75) is 39.5 Å². The van der Waals surface area contributed by atoms with Gasteiger partial charge in [0.05, 0.1) is 6.61 Å². The van der Waals surface area contributed by atoms with E-state index in [1.807, 2.05) is 13.8 Å². The number of benzene rings is 1. The summed E-state index contributed by atoms with van der Waals surface area (Å²) < 4.78 is 5.33. The molecule has 1 aliphatic carbocycles. The number of hydrogen-bond acceptors (Lipinski definition) is 4. The second-order valence-corrected chi connectivity index (χ2v) is 5.57. The van der Waals surface area contributed by atoms with E-state index in [4.69, 9.17) is 4.74 Å². The van der Waals surface area contributed by atoms with E-state index in [0.29, 0.717) is 18.2 Å². The van der Waals surface area contributed by atoms with Crippen LogP contribution >= 0.6 is 0 Å². The first-order chi connectivity index (χ1) is 11.1. The maximum absolute atomic E-state index is 11.8. The maximum atomic E-state index is 11.8. The number of hydrazone groups is 1. The molecule has 1 aliphatic rings. The van der Waals surface area contributed by atoms with Crippen LogP contribution in [-0.2, 0) is 9.59 Å². The lowest BCUT2D eigenvalue weighted by molar-refractivity contribution is -0.124. The Kier molecular flexibility index (Phi) is 6.14. The molecule has 23 heavy (non-hydrogen) atoms. The Labute approximate surface area is 136 Å². The Bertz CT molecular complexity index is 577. The van der Waals surface area contributed by atoms with Gasteiger partial charge in [-0.1, -0.05) is 0 Å². The summed E-state index contributed by atoms with van der Waals surface area (Å²) >= 11 is 0. The van der Waals surface area contributed by atoms with E-state index in [2.05, 4.69) is 15.8 Å². The summed E-state index contributed by atoms with van der Waals surface area (Å²) in [6, 6.07) is 7.13. The molecule has 6 heteroatoms. The Morgan fingerprint density at radius 3 is 2.43 bits per heavy atom. The molecule has 0 radical (unpaired) electrons. The predicted octanol–water partition coefficient (Wildman–Crippen LogP) is 2.71. The van der Waals surface area contributed by atoms with E-state index < -0.39 is 0 Å². The van der Waals surface area contributed by atoms with Crippen LogP contribution in [0.2, 0.25) is 0 Å². The lowest BCUT2D eigenvalue weighted by Gasteiger charge is -2.07. The third kappa shape index (κ3) is 6.10. The van der Waals surface area contributed by atoms with Crippen molar-refractivity contribution in [3.63, 3.8) is 0 Å². The Morgan fingerprint density at radius 1 is 1.17 bits per heavy atom. The number of nitrogens with zero attached hydrogens (tertiary/aromatic N) is 1.